The van der Waals surface area contributed by atoms with Gasteiger partial charge in [-0.3, -0.25) is 14.2 Å². The summed E-state index contributed by atoms with van der Waals surface area (Å²) < 4.78 is 1.37. The van der Waals surface area contributed by atoms with E-state index in [1.807, 2.05) is 6.07 Å². The lowest BCUT2D eigenvalue weighted by Gasteiger charge is -2.07. The van der Waals surface area contributed by atoms with E-state index in [4.69, 9.17) is 5.11 Å². The molecule has 0 bridgehead atoms. The van der Waals surface area contributed by atoms with E-state index in [1.165, 1.54) is 22.7 Å². The fourth-order valence-electron chi connectivity index (χ4n) is 2.00. The minimum absolute atomic E-state index is 0.0628. The Labute approximate surface area is 101 Å². The zero-order chi connectivity index (χ0) is 12.7. The van der Waals surface area contributed by atoms with Crippen LogP contribution in [0.4, 0.5) is 0 Å². The van der Waals surface area contributed by atoms with Crippen molar-refractivity contribution in [1.29, 1.82) is 0 Å². The van der Waals surface area contributed by atoms with E-state index >= 15 is 0 Å². The zero-order valence-corrected chi connectivity index (χ0v) is 9.20. The number of para-hydroxylation sites is 2. The number of benzene rings is 1. The van der Waals surface area contributed by atoms with Crippen molar-refractivity contribution >= 4 is 22.5 Å². The average Bonchev–Trinajstić information content (AvgIpc) is 2.38. The van der Waals surface area contributed by atoms with Crippen molar-refractivity contribution in [3.63, 3.8) is 0 Å². The maximum absolute atomic E-state index is 11.9. The second kappa shape index (κ2) is 3.66. The molecule has 0 fully saturated rings. The van der Waals surface area contributed by atoms with Gasteiger partial charge in [-0.05, 0) is 18.2 Å². The molecule has 0 saturated heterocycles. The van der Waals surface area contributed by atoms with Crippen molar-refractivity contribution in [3.05, 3.63) is 58.5 Å². The molecule has 3 rings (SSSR count). The number of carbonyl (C=O) groups is 1. The number of aromatic carboxylic acids is 1. The number of fused-ring (bicyclic) bond motifs is 3. The average molecular weight is 240 g/mol. The SMILES string of the molecule is O=C(O)c1ccc(=O)n2c1cnc1ccccc12. The van der Waals surface area contributed by atoms with Gasteiger partial charge < -0.3 is 5.11 Å². The van der Waals surface area contributed by atoms with Crippen LogP contribution in [0, 0.1) is 0 Å². The van der Waals surface area contributed by atoms with Crippen molar-refractivity contribution in [2.45, 2.75) is 0 Å². The number of aromatic nitrogens is 2. The van der Waals surface area contributed by atoms with Crippen LogP contribution < -0.4 is 5.56 Å². The minimum atomic E-state index is -1.08. The van der Waals surface area contributed by atoms with Gasteiger partial charge in [0.15, 0.2) is 0 Å². The first-order chi connectivity index (χ1) is 8.68. The number of rotatable bonds is 1. The first-order valence-electron chi connectivity index (χ1n) is 5.31. The molecule has 2 heterocycles. The number of carboxylic acids is 1. The van der Waals surface area contributed by atoms with Crippen LogP contribution in [-0.2, 0) is 0 Å². The summed E-state index contributed by atoms with van der Waals surface area (Å²) >= 11 is 0. The molecule has 18 heavy (non-hydrogen) atoms. The van der Waals surface area contributed by atoms with Crippen LogP contribution in [0.2, 0.25) is 0 Å². The molecule has 88 valence electrons. The number of hydrogen-bond acceptors (Lipinski definition) is 3. The molecule has 5 nitrogen and oxygen atoms in total. The number of hydrogen-bond donors (Lipinski definition) is 1. The van der Waals surface area contributed by atoms with Gasteiger partial charge in [-0.1, -0.05) is 12.1 Å². The summed E-state index contributed by atoms with van der Waals surface area (Å²) in [4.78, 5) is 27.2. The summed E-state index contributed by atoms with van der Waals surface area (Å²) in [5.41, 5.74) is 1.34. The molecule has 1 N–H and O–H groups in total. The van der Waals surface area contributed by atoms with Crippen LogP contribution in [0.3, 0.4) is 0 Å². The van der Waals surface area contributed by atoms with Crippen LogP contribution in [0.25, 0.3) is 16.6 Å². The topological polar surface area (TPSA) is 71.7 Å². The predicted molar refractivity (Wildman–Crippen MR) is 65.9 cm³/mol. The van der Waals surface area contributed by atoms with E-state index in [9.17, 15) is 9.59 Å². The van der Waals surface area contributed by atoms with Crippen LogP contribution >= 0.6 is 0 Å². The number of pyridine rings is 1. The summed E-state index contributed by atoms with van der Waals surface area (Å²) in [6.07, 6.45) is 1.41. The monoisotopic (exact) mass is 240 g/mol. The van der Waals surface area contributed by atoms with Gasteiger partial charge in [0, 0.05) is 6.07 Å². The molecule has 2 aromatic heterocycles. The molecular formula is C13H8N2O3. The number of nitrogens with zero attached hydrogens (tertiary/aromatic N) is 2. The lowest BCUT2D eigenvalue weighted by Crippen LogP contribution is -2.16. The van der Waals surface area contributed by atoms with Crippen molar-refractivity contribution in [1.82, 2.24) is 9.38 Å². The molecule has 0 aliphatic rings. The van der Waals surface area contributed by atoms with Crippen molar-refractivity contribution < 1.29 is 9.90 Å². The van der Waals surface area contributed by atoms with Gasteiger partial charge in [0.2, 0.25) is 0 Å². The van der Waals surface area contributed by atoms with E-state index in [0.29, 0.717) is 16.6 Å². The molecule has 0 saturated carbocycles. The Kier molecular flexibility index (Phi) is 2.13. The molecule has 5 heteroatoms. The molecule has 0 amide bonds. The van der Waals surface area contributed by atoms with E-state index < -0.39 is 5.97 Å². The fraction of sp³-hybridized carbons (Fsp3) is 0. The summed E-state index contributed by atoms with van der Waals surface area (Å²) in [5, 5.41) is 9.10. The van der Waals surface area contributed by atoms with E-state index in [2.05, 4.69) is 4.98 Å². The zero-order valence-electron chi connectivity index (χ0n) is 9.20. The summed E-state index contributed by atoms with van der Waals surface area (Å²) in [5.74, 6) is -1.08. The molecular weight excluding hydrogens is 232 g/mol. The van der Waals surface area contributed by atoms with Crippen LogP contribution in [0.1, 0.15) is 10.4 Å². The third kappa shape index (κ3) is 1.37. The van der Waals surface area contributed by atoms with Crippen molar-refractivity contribution in [2.75, 3.05) is 0 Å². The quantitative estimate of drug-likeness (QED) is 0.655. The third-order valence-electron chi connectivity index (χ3n) is 2.81. The lowest BCUT2D eigenvalue weighted by atomic mass is 10.2. The highest BCUT2D eigenvalue weighted by atomic mass is 16.4. The maximum Gasteiger partial charge on any atom is 0.337 e. The smallest absolute Gasteiger partial charge is 0.337 e. The Morgan fingerprint density at radius 3 is 2.67 bits per heavy atom. The normalized spacial score (nSPS) is 10.9. The summed E-state index contributed by atoms with van der Waals surface area (Å²) in [6, 6.07) is 9.66. The van der Waals surface area contributed by atoms with Crippen LogP contribution in [-0.4, -0.2) is 20.5 Å². The first kappa shape index (κ1) is 10.5. The summed E-state index contributed by atoms with van der Waals surface area (Å²) in [6.45, 7) is 0. The Morgan fingerprint density at radius 2 is 1.89 bits per heavy atom. The highest BCUT2D eigenvalue weighted by molar-refractivity contribution is 5.96. The Balaban J connectivity index is 2.63. The van der Waals surface area contributed by atoms with E-state index in [1.54, 1.807) is 18.2 Å². The molecule has 0 radical (unpaired) electrons. The van der Waals surface area contributed by atoms with E-state index in [0.717, 1.165) is 0 Å². The molecule has 0 aliphatic carbocycles. The van der Waals surface area contributed by atoms with E-state index in [-0.39, 0.29) is 11.1 Å². The third-order valence-corrected chi connectivity index (χ3v) is 2.81. The molecule has 3 aromatic rings. The van der Waals surface area contributed by atoms with Crippen molar-refractivity contribution in [3.8, 4) is 0 Å². The maximum atomic E-state index is 11.9. The Morgan fingerprint density at radius 1 is 1.11 bits per heavy atom. The second-order valence-corrected chi connectivity index (χ2v) is 3.86. The molecule has 0 aliphatic heterocycles. The number of carboxylic acid groups (broad SMARTS) is 1. The van der Waals surface area contributed by atoms with Gasteiger partial charge in [0.05, 0.1) is 28.3 Å². The van der Waals surface area contributed by atoms with Gasteiger partial charge in [0.25, 0.3) is 5.56 Å². The predicted octanol–water partition coefficient (Wildman–Crippen LogP) is 1.55. The molecule has 1 aromatic carbocycles. The Bertz CT molecular complexity index is 836. The molecule has 0 atom stereocenters. The highest BCUT2D eigenvalue weighted by Crippen LogP contribution is 2.15. The van der Waals surface area contributed by atoms with Gasteiger partial charge in [-0.15, -0.1) is 0 Å². The lowest BCUT2D eigenvalue weighted by molar-refractivity contribution is 0.0698. The highest BCUT2D eigenvalue weighted by Gasteiger charge is 2.11. The molecule has 0 unspecified atom stereocenters. The Hall–Kier alpha value is -2.69. The standard InChI is InChI=1S/C13H8N2O3/c16-12-6-5-8(13(17)18)11-7-14-9-3-1-2-4-10(9)15(11)12/h1-7H,(H,17,18). The van der Waals surface area contributed by atoms with Crippen LogP contribution in [0.5, 0.6) is 0 Å². The second-order valence-electron chi connectivity index (χ2n) is 3.86. The van der Waals surface area contributed by atoms with Crippen LogP contribution in [0.15, 0.2) is 47.4 Å². The van der Waals surface area contributed by atoms with Gasteiger partial charge in [-0.2, -0.15) is 0 Å². The fourth-order valence-corrected chi connectivity index (χ4v) is 2.00. The largest absolute Gasteiger partial charge is 0.478 e. The molecule has 0 spiro atoms. The van der Waals surface area contributed by atoms with Gasteiger partial charge in [0.1, 0.15) is 0 Å². The van der Waals surface area contributed by atoms with Gasteiger partial charge in [-0.25, -0.2) is 4.79 Å². The first-order valence-corrected chi connectivity index (χ1v) is 5.31. The van der Waals surface area contributed by atoms with Gasteiger partial charge >= 0.3 is 5.97 Å². The summed E-state index contributed by atoms with van der Waals surface area (Å²) in [7, 11) is 0. The van der Waals surface area contributed by atoms with Crippen molar-refractivity contribution in [2.24, 2.45) is 0 Å². The minimum Gasteiger partial charge on any atom is -0.478 e.